The van der Waals surface area contributed by atoms with Crippen LogP contribution in [-0.2, 0) is 9.59 Å². The van der Waals surface area contributed by atoms with Gasteiger partial charge in [-0.3, -0.25) is 14.4 Å². The molecule has 2 aromatic rings. The lowest BCUT2D eigenvalue weighted by molar-refractivity contribution is -0.126. The zero-order valence-corrected chi connectivity index (χ0v) is 17.1. The molecule has 3 rings (SSSR count). The van der Waals surface area contributed by atoms with Crippen molar-refractivity contribution in [1.82, 2.24) is 0 Å². The van der Waals surface area contributed by atoms with E-state index in [4.69, 9.17) is 23.2 Å². The molecule has 0 spiro atoms. The molecular weight excluding hydrogens is 484 g/mol. The van der Waals surface area contributed by atoms with E-state index in [1.54, 1.807) is 0 Å². The van der Waals surface area contributed by atoms with Crippen LogP contribution in [-0.4, -0.2) is 28.5 Å². The van der Waals surface area contributed by atoms with Gasteiger partial charge in [0, 0.05) is 11.8 Å². The quantitative estimate of drug-likeness (QED) is 0.401. The van der Waals surface area contributed by atoms with Crippen LogP contribution in [0, 0.1) is 23.4 Å². The molecule has 1 atom stereocenters. The first-order valence-electron chi connectivity index (χ1n) is 8.76. The molecule has 1 aliphatic rings. The molecule has 1 aliphatic carbocycles. The van der Waals surface area contributed by atoms with E-state index in [-0.39, 0.29) is 18.2 Å². The maximum Gasteiger partial charge on any atom is 0.315 e. The average Bonchev–Trinajstić information content (AvgIpc) is 3.35. The topological polar surface area (TPSA) is 87.3 Å². The summed E-state index contributed by atoms with van der Waals surface area (Å²) in [7, 11) is 0. The van der Waals surface area contributed by atoms with Gasteiger partial charge in [0.05, 0.1) is 22.9 Å². The smallest absolute Gasteiger partial charge is 0.315 e. The lowest BCUT2D eigenvalue weighted by Gasteiger charge is -2.12. The standard InChI is InChI=1S/C19H12Cl2F5N3O3/c20-19(21)6-9(19)17(31)27-7-1-2-10(22)8(3-7)16(30)28-13-5-14(12(24)4-11(13)23)29-18(32)15(25)26/h1-5,9,15H,6H2,(H,27,31)(H,28,30)(H,29,32)/t9-/m1/s1. The van der Waals surface area contributed by atoms with E-state index in [0.717, 1.165) is 18.2 Å². The van der Waals surface area contributed by atoms with Gasteiger partial charge in [-0.25, -0.2) is 13.2 Å². The van der Waals surface area contributed by atoms with Crippen LogP contribution in [0.3, 0.4) is 0 Å². The third-order valence-electron chi connectivity index (χ3n) is 4.38. The number of amides is 3. The summed E-state index contributed by atoms with van der Waals surface area (Å²) in [5.41, 5.74) is -2.16. The molecule has 1 saturated carbocycles. The van der Waals surface area contributed by atoms with Crippen LogP contribution in [0.5, 0.6) is 0 Å². The zero-order valence-electron chi connectivity index (χ0n) is 15.6. The SMILES string of the molecule is O=C(Nc1cc(NC(=O)C(F)F)c(F)cc1F)c1cc(NC(=O)[C@H]2CC2(Cl)Cl)ccc1F. The molecule has 13 heteroatoms. The van der Waals surface area contributed by atoms with Gasteiger partial charge in [0.1, 0.15) is 21.8 Å². The Kier molecular flexibility index (Phi) is 6.61. The number of carbonyl (C=O) groups is 3. The Labute approximate surface area is 187 Å². The molecule has 3 amide bonds. The van der Waals surface area contributed by atoms with Crippen LogP contribution in [0.2, 0.25) is 0 Å². The number of carbonyl (C=O) groups excluding carboxylic acids is 3. The maximum atomic E-state index is 14.1. The van der Waals surface area contributed by atoms with E-state index >= 15 is 0 Å². The maximum absolute atomic E-state index is 14.1. The summed E-state index contributed by atoms with van der Waals surface area (Å²) in [5.74, 6) is -8.03. The Morgan fingerprint density at radius 3 is 2.06 bits per heavy atom. The van der Waals surface area contributed by atoms with Crippen molar-refractivity contribution in [3.63, 3.8) is 0 Å². The molecule has 32 heavy (non-hydrogen) atoms. The van der Waals surface area contributed by atoms with Gasteiger partial charge in [-0.2, -0.15) is 8.78 Å². The molecule has 0 radical (unpaired) electrons. The number of hydrogen-bond donors (Lipinski definition) is 3. The molecule has 6 nitrogen and oxygen atoms in total. The summed E-state index contributed by atoms with van der Waals surface area (Å²) in [6.45, 7) is 0. The van der Waals surface area contributed by atoms with E-state index in [9.17, 15) is 36.3 Å². The normalized spacial score (nSPS) is 16.4. The van der Waals surface area contributed by atoms with E-state index in [0.29, 0.717) is 6.07 Å². The number of benzene rings is 2. The van der Waals surface area contributed by atoms with Gasteiger partial charge < -0.3 is 16.0 Å². The molecule has 0 aliphatic heterocycles. The summed E-state index contributed by atoms with van der Waals surface area (Å²) < 4.78 is 65.4. The Bertz CT molecular complexity index is 1110. The third-order valence-corrected chi connectivity index (χ3v) is 5.22. The number of rotatable bonds is 6. The number of anilines is 3. The van der Waals surface area contributed by atoms with Crippen molar-refractivity contribution in [1.29, 1.82) is 0 Å². The van der Waals surface area contributed by atoms with Gasteiger partial charge in [-0.1, -0.05) is 0 Å². The van der Waals surface area contributed by atoms with Gasteiger partial charge >= 0.3 is 6.43 Å². The Morgan fingerprint density at radius 1 is 0.906 bits per heavy atom. The van der Waals surface area contributed by atoms with Gasteiger partial charge in [0.15, 0.2) is 0 Å². The first kappa shape index (κ1) is 23.7. The predicted octanol–water partition coefficient (Wildman–Crippen LogP) is 4.69. The minimum atomic E-state index is -3.47. The van der Waals surface area contributed by atoms with Crippen molar-refractivity contribution >= 4 is 58.0 Å². The fourth-order valence-corrected chi connectivity index (χ4v) is 3.13. The van der Waals surface area contributed by atoms with Crippen molar-refractivity contribution in [3.8, 4) is 0 Å². The van der Waals surface area contributed by atoms with Crippen LogP contribution in [0.4, 0.5) is 39.0 Å². The summed E-state index contributed by atoms with van der Waals surface area (Å²) in [6.07, 6.45) is -3.26. The van der Waals surface area contributed by atoms with E-state index in [2.05, 4.69) is 5.32 Å². The minimum absolute atomic E-state index is 0.0158. The van der Waals surface area contributed by atoms with Crippen molar-refractivity contribution < 1.29 is 36.3 Å². The molecule has 0 heterocycles. The highest BCUT2D eigenvalue weighted by Gasteiger charge is 2.56. The van der Waals surface area contributed by atoms with E-state index < -0.39 is 68.8 Å². The number of halogens is 7. The van der Waals surface area contributed by atoms with E-state index in [1.165, 1.54) is 5.32 Å². The molecule has 0 unspecified atom stereocenters. The molecular formula is C19H12Cl2F5N3O3. The van der Waals surface area contributed by atoms with Crippen LogP contribution >= 0.6 is 23.2 Å². The van der Waals surface area contributed by atoms with Crippen LogP contribution in [0.15, 0.2) is 30.3 Å². The first-order valence-corrected chi connectivity index (χ1v) is 9.52. The molecule has 2 aromatic carbocycles. The fraction of sp³-hybridized carbons (Fsp3) is 0.211. The number of alkyl halides is 4. The first-order chi connectivity index (χ1) is 14.9. The molecule has 0 saturated heterocycles. The molecule has 1 fully saturated rings. The second kappa shape index (κ2) is 8.91. The minimum Gasteiger partial charge on any atom is -0.326 e. The highest BCUT2D eigenvalue weighted by atomic mass is 35.5. The fourth-order valence-electron chi connectivity index (χ4n) is 2.62. The third kappa shape index (κ3) is 5.28. The second-order valence-corrected chi connectivity index (χ2v) is 8.30. The molecule has 0 bridgehead atoms. The Balaban J connectivity index is 1.79. The van der Waals surface area contributed by atoms with Gasteiger partial charge in [0.2, 0.25) is 5.91 Å². The van der Waals surface area contributed by atoms with Crippen molar-refractivity contribution in [2.24, 2.45) is 5.92 Å². The monoisotopic (exact) mass is 495 g/mol. The lowest BCUT2D eigenvalue weighted by atomic mass is 10.1. The summed E-state index contributed by atoms with van der Waals surface area (Å²) in [5, 5.41) is 5.89. The summed E-state index contributed by atoms with van der Waals surface area (Å²) in [6, 6.07) is 3.77. The van der Waals surface area contributed by atoms with Gasteiger partial charge in [-0.15, -0.1) is 23.2 Å². The van der Waals surface area contributed by atoms with Crippen LogP contribution in [0.25, 0.3) is 0 Å². The molecule has 0 aromatic heterocycles. The van der Waals surface area contributed by atoms with Crippen molar-refractivity contribution in [2.75, 3.05) is 16.0 Å². The molecule has 3 N–H and O–H groups in total. The number of hydrogen-bond acceptors (Lipinski definition) is 3. The lowest BCUT2D eigenvalue weighted by Crippen LogP contribution is -2.21. The van der Waals surface area contributed by atoms with Gasteiger partial charge in [0.25, 0.3) is 11.8 Å². The van der Waals surface area contributed by atoms with E-state index in [1.807, 2.05) is 5.32 Å². The highest BCUT2D eigenvalue weighted by Crippen LogP contribution is 2.53. The van der Waals surface area contributed by atoms with Gasteiger partial charge in [-0.05, 0) is 30.7 Å². The summed E-state index contributed by atoms with van der Waals surface area (Å²) >= 11 is 11.6. The van der Waals surface area contributed by atoms with Crippen molar-refractivity contribution in [2.45, 2.75) is 17.2 Å². The van der Waals surface area contributed by atoms with Crippen LogP contribution < -0.4 is 16.0 Å². The van der Waals surface area contributed by atoms with Crippen LogP contribution in [0.1, 0.15) is 16.8 Å². The summed E-state index contributed by atoms with van der Waals surface area (Å²) in [4.78, 5) is 35.5. The predicted molar refractivity (Wildman–Crippen MR) is 107 cm³/mol. The Morgan fingerprint density at radius 2 is 1.50 bits per heavy atom. The second-order valence-electron chi connectivity index (χ2n) is 6.76. The Hall–Kier alpha value is -2.92. The largest absolute Gasteiger partial charge is 0.326 e. The van der Waals surface area contributed by atoms with Crippen molar-refractivity contribution in [3.05, 3.63) is 53.3 Å². The average molecular weight is 496 g/mol. The zero-order chi connectivity index (χ0) is 23.8. The highest BCUT2D eigenvalue weighted by molar-refractivity contribution is 6.52. The molecule has 170 valence electrons. The number of nitrogens with one attached hydrogen (secondary N) is 3.